The van der Waals surface area contributed by atoms with Gasteiger partial charge in [-0.15, -0.1) is 23.2 Å². The van der Waals surface area contributed by atoms with Crippen LogP contribution in [0.4, 0.5) is 13.2 Å². The van der Waals surface area contributed by atoms with Crippen molar-refractivity contribution in [3.63, 3.8) is 0 Å². The number of nitrogens with zero attached hydrogens (tertiary/aromatic N) is 1. The second-order valence-corrected chi connectivity index (χ2v) is 7.66. The number of pyridine rings is 1. The van der Waals surface area contributed by atoms with Crippen molar-refractivity contribution in [2.75, 3.05) is 11.8 Å². The maximum Gasteiger partial charge on any atom is 0.417 e. The molecule has 0 spiro atoms. The summed E-state index contributed by atoms with van der Waals surface area (Å²) in [5.41, 5.74) is -0.997. The van der Waals surface area contributed by atoms with Crippen LogP contribution in [0.1, 0.15) is 19.4 Å². The number of carboxylic acid groups (broad SMARTS) is 1. The molecule has 35 heavy (non-hydrogen) atoms. The van der Waals surface area contributed by atoms with Gasteiger partial charge < -0.3 is 19.9 Å². The topological polar surface area (TPSA) is 115 Å². The van der Waals surface area contributed by atoms with Gasteiger partial charge in [0, 0.05) is 6.20 Å². The number of nitrogens with one attached hydrogen (secondary N) is 1. The summed E-state index contributed by atoms with van der Waals surface area (Å²) in [6, 6.07) is 5.44. The second-order valence-electron chi connectivity index (χ2n) is 6.72. The van der Waals surface area contributed by atoms with E-state index in [1.54, 1.807) is 0 Å². The van der Waals surface area contributed by atoms with Gasteiger partial charge in [-0.1, -0.05) is 11.6 Å². The van der Waals surface area contributed by atoms with Crippen LogP contribution in [0.3, 0.4) is 0 Å². The van der Waals surface area contributed by atoms with Crippen LogP contribution >= 0.6 is 34.8 Å². The van der Waals surface area contributed by atoms with Crippen LogP contribution < -0.4 is 14.8 Å². The monoisotopic (exact) mass is 558 g/mol. The Morgan fingerprint density at radius 1 is 1.09 bits per heavy atom. The van der Waals surface area contributed by atoms with E-state index in [1.807, 2.05) is 0 Å². The van der Waals surface area contributed by atoms with Gasteiger partial charge in [-0.25, -0.2) is 4.98 Å². The van der Waals surface area contributed by atoms with E-state index in [0.717, 1.165) is 0 Å². The molecule has 0 aliphatic rings. The average Bonchev–Trinajstić information content (AvgIpc) is 2.80. The van der Waals surface area contributed by atoms with Crippen molar-refractivity contribution in [2.24, 2.45) is 0 Å². The number of hydrogen-bond acceptors (Lipinski definition) is 6. The number of Topliss-reactive ketones (excluding diaryl/α,β-unsaturated/α-hetero) is 1. The molecule has 1 aromatic heterocycles. The second kappa shape index (κ2) is 14.0. The van der Waals surface area contributed by atoms with Crippen LogP contribution in [-0.2, 0) is 20.6 Å². The maximum absolute atomic E-state index is 12.6. The first-order chi connectivity index (χ1) is 16.3. The van der Waals surface area contributed by atoms with E-state index < -0.39 is 35.8 Å². The van der Waals surface area contributed by atoms with Crippen molar-refractivity contribution in [3.8, 4) is 17.4 Å². The van der Waals surface area contributed by atoms with E-state index in [-0.39, 0.29) is 39.9 Å². The zero-order valence-electron chi connectivity index (χ0n) is 18.2. The minimum absolute atomic E-state index is 0.0312. The third kappa shape index (κ3) is 10.6. The molecule has 0 bridgehead atoms. The van der Waals surface area contributed by atoms with E-state index in [0.29, 0.717) is 12.3 Å². The summed E-state index contributed by atoms with van der Waals surface area (Å²) in [6.07, 6.45) is -4.93. The number of carbonyl (C=O) groups is 3. The first-order valence-electron chi connectivity index (χ1n) is 9.62. The summed E-state index contributed by atoms with van der Waals surface area (Å²) in [6.45, 7) is 2.76. The number of ether oxygens (including phenoxy) is 2. The molecule has 0 fully saturated rings. The summed E-state index contributed by atoms with van der Waals surface area (Å²) in [4.78, 5) is 36.1. The summed E-state index contributed by atoms with van der Waals surface area (Å²) in [7, 11) is 0. The Hall–Kier alpha value is -2.76. The first kappa shape index (κ1) is 30.3. The number of alkyl halides is 5. The third-order valence-electron chi connectivity index (χ3n) is 3.88. The van der Waals surface area contributed by atoms with E-state index in [2.05, 4.69) is 10.3 Å². The highest BCUT2D eigenvalue weighted by atomic mass is 35.5. The number of ketones is 1. The summed E-state index contributed by atoms with van der Waals surface area (Å²) in [5.74, 6) is -1.55. The minimum Gasteiger partial charge on any atom is -0.481 e. The number of amides is 1. The van der Waals surface area contributed by atoms with E-state index in [1.165, 1.54) is 38.1 Å². The van der Waals surface area contributed by atoms with Crippen molar-refractivity contribution < 1.29 is 42.1 Å². The van der Waals surface area contributed by atoms with Crippen molar-refractivity contribution in [1.82, 2.24) is 10.3 Å². The zero-order valence-corrected chi connectivity index (χ0v) is 20.5. The molecule has 1 heterocycles. The molecule has 8 nitrogen and oxygen atoms in total. The molecule has 1 unspecified atom stereocenters. The summed E-state index contributed by atoms with van der Waals surface area (Å²) < 4.78 is 48.7. The highest BCUT2D eigenvalue weighted by molar-refractivity contribution is 6.35. The Morgan fingerprint density at radius 3 is 2.06 bits per heavy atom. The van der Waals surface area contributed by atoms with Crippen LogP contribution in [0.15, 0.2) is 36.5 Å². The smallest absolute Gasteiger partial charge is 0.417 e. The number of carboxylic acids is 1. The van der Waals surface area contributed by atoms with Crippen LogP contribution in [0.2, 0.25) is 5.02 Å². The Morgan fingerprint density at radius 2 is 1.63 bits per heavy atom. The molecule has 0 saturated heterocycles. The molecule has 0 aliphatic heterocycles. The largest absolute Gasteiger partial charge is 0.481 e. The number of halogens is 6. The Balaban J connectivity index is 0.000000905. The number of aliphatic carboxylic acids is 1. The molecule has 0 radical (unpaired) electrons. The van der Waals surface area contributed by atoms with Crippen LogP contribution in [0.25, 0.3) is 0 Å². The minimum atomic E-state index is -4.57. The van der Waals surface area contributed by atoms with Gasteiger partial charge in [-0.2, -0.15) is 13.2 Å². The van der Waals surface area contributed by atoms with Crippen molar-refractivity contribution in [2.45, 2.75) is 32.2 Å². The lowest BCUT2D eigenvalue weighted by Crippen LogP contribution is -2.44. The van der Waals surface area contributed by atoms with Gasteiger partial charge in [0.1, 0.15) is 22.6 Å². The standard InChI is InChI=1S/C18H16ClF3N2O5.C3H4Cl2O/c1-9(17(26)27)24-15(25)10(2)28-12-3-5-13(6-4-12)29-16-14(19)7-11(8-23-16)18(20,21)22;4-1-3(6)2-5/h3-10H,1-2H3,(H,24,25)(H,26,27);1-2H2/t9-,10?;/m0./s1. The fourth-order valence-electron chi connectivity index (χ4n) is 2.04. The van der Waals surface area contributed by atoms with Gasteiger partial charge in [-0.3, -0.25) is 14.4 Å². The molecule has 2 atom stereocenters. The van der Waals surface area contributed by atoms with Gasteiger partial charge in [0.25, 0.3) is 5.91 Å². The normalized spacial score (nSPS) is 12.5. The van der Waals surface area contributed by atoms with Crippen LogP contribution in [0.5, 0.6) is 17.4 Å². The van der Waals surface area contributed by atoms with Crippen LogP contribution in [-0.4, -0.2) is 51.7 Å². The molecule has 2 N–H and O–H groups in total. The molecular formula is C21H20Cl3F3N2O6. The number of carbonyl (C=O) groups excluding carboxylic acids is 2. The predicted molar refractivity (Wildman–Crippen MR) is 123 cm³/mol. The molecule has 2 aromatic rings. The maximum atomic E-state index is 12.6. The SMILES string of the molecule is CC(Oc1ccc(Oc2ncc(C(F)(F)F)cc2Cl)cc1)C(=O)N[C@@H](C)C(=O)O.O=C(CCl)CCl. The molecule has 2 rings (SSSR count). The highest BCUT2D eigenvalue weighted by Gasteiger charge is 2.31. The Labute approximate surface area is 213 Å². The lowest BCUT2D eigenvalue weighted by Gasteiger charge is -2.16. The van der Waals surface area contributed by atoms with Crippen molar-refractivity contribution in [3.05, 3.63) is 47.1 Å². The predicted octanol–water partition coefficient (Wildman–Crippen LogP) is 4.94. The highest BCUT2D eigenvalue weighted by Crippen LogP contribution is 2.34. The Bertz CT molecular complexity index is 1020. The molecule has 1 amide bonds. The fraction of sp³-hybridized carbons (Fsp3) is 0.333. The first-order valence-corrected chi connectivity index (χ1v) is 11.1. The van der Waals surface area contributed by atoms with Gasteiger partial charge in [0.2, 0.25) is 5.88 Å². The summed E-state index contributed by atoms with van der Waals surface area (Å²) >= 11 is 15.8. The van der Waals surface area contributed by atoms with E-state index >= 15 is 0 Å². The zero-order chi connectivity index (χ0) is 26.8. The molecule has 14 heteroatoms. The Kier molecular flexibility index (Phi) is 12.1. The fourth-order valence-corrected chi connectivity index (χ4v) is 2.53. The third-order valence-corrected chi connectivity index (χ3v) is 4.75. The quantitative estimate of drug-likeness (QED) is 0.419. The van der Waals surface area contributed by atoms with Gasteiger partial charge in [0.05, 0.1) is 17.3 Å². The number of benzene rings is 1. The van der Waals surface area contributed by atoms with Gasteiger partial charge in [0.15, 0.2) is 11.9 Å². The average molecular weight is 560 g/mol. The lowest BCUT2D eigenvalue weighted by atomic mass is 10.3. The van der Waals surface area contributed by atoms with Gasteiger partial charge in [-0.05, 0) is 44.2 Å². The number of rotatable bonds is 9. The van der Waals surface area contributed by atoms with E-state index in [4.69, 9.17) is 49.4 Å². The molecule has 1 aromatic carbocycles. The molecule has 0 aliphatic carbocycles. The number of hydrogen-bond donors (Lipinski definition) is 2. The van der Waals surface area contributed by atoms with Crippen LogP contribution in [0, 0.1) is 0 Å². The van der Waals surface area contributed by atoms with Crippen molar-refractivity contribution >= 4 is 52.5 Å². The molecule has 192 valence electrons. The lowest BCUT2D eigenvalue weighted by molar-refractivity contribution is -0.142. The molecule has 0 saturated carbocycles. The van der Waals surface area contributed by atoms with Gasteiger partial charge >= 0.3 is 12.1 Å². The number of aromatic nitrogens is 1. The van der Waals surface area contributed by atoms with Crippen molar-refractivity contribution in [1.29, 1.82) is 0 Å². The summed E-state index contributed by atoms with van der Waals surface area (Å²) in [5, 5.41) is 10.8. The van der Waals surface area contributed by atoms with E-state index in [9.17, 15) is 27.6 Å². The molecular weight excluding hydrogens is 540 g/mol.